The Morgan fingerprint density at radius 1 is 1.70 bits per heavy atom. The molecule has 1 aromatic rings. The summed E-state index contributed by atoms with van der Waals surface area (Å²) in [7, 11) is 0. The summed E-state index contributed by atoms with van der Waals surface area (Å²) in [5, 5.41) is 2.56. The second kappa shape index (κ2) is 2.86. The zero-order valence-electron chi connectivity index (χ0n) is 5.07. The number of nitroso groups, excluding NO2 is 1. The molecule has 0 saturated carbocycles. The van der Waals surface area contributed by atoms with Crippen LogP contribution in [0.4, 0.5) is 0 Å². The van der Waals surface area contributed by atoms with Crippen LogP contribution in [0.25, 0.3) is 0 Å². The number of rotatable bonds is 2. The lowest BCUT2D eigenvalue weighted by atomic mass is 10.3. The minimum Gasteiger partial charge on any atom is -0.313 e. The summed E-state index contributed by atoms with van der Waals surface area (Å²) in [6.07, 6.45) is 2.58. The Bertz CT molecular complexity index is 280. The first-order valence-corrected chi connectivity index (χ1v) is 2.65. The van der Waals surface area contributed by atoms with Crippen LogP contribution in [0.2, 0.25) is 0 Å². The summed E-state index contributed by atoms with van der Waals surface area (Å²) in [6.45, 7) is -0.122. The molecule has 0 aliphatic carbocycles. The number of nitrogens with zero attached hydrogens (tertiary/aromatic N) is 2. The monoisotopic (exact) mass is 139 g/mol. The smallest absolute Gasteiger partial charge is 0.255 e. The van der Waals surface area contributed by atoms with Crippen LogP contribution in [0.5, 0.6) is 0 Å². The van der Waals surface area contributed by atoms with E-state index < -0.39 is 0 Å². The van der Waals surface area contributed by atoms with Gasteiger partial charge in [-0.05, 0) is 0 Å². The summed E-state index contributed by atoms with van der Waals surface area (Å²) >= 11 is 0. The molecule has 0 aliphatic heterocycles. The van der Waals surface area contributed by atoms with Gasteiger partial charge in [-0.25, -0.2) is 4.98 Å². The Labute approximate surface area is 56.1 Å². The normalized spacial score (nSPS) is 9.20. The maximum Gasteiger partial charge on any atom is 0.255 e. The van der Waals surface area contributed by atoms with Crippen LogP contribution in [-0.4, -0.2) is 9.97 Å². The van der Waals surface area contributed by atoms with E-state index in [1.807, 2.05) is 0 Å². The van der Waals surface area contributed by atoms with Crippen molar-refractivity contribution in [2.24, 2.45) is 5.18 Å². The van der Waals surface area contributed by atoms with E-state index in [1.54, 1.807) is 0 Å². The van der Waals surface area contributed by atoms with Crippen LogP contribution in [0.15, 0.2) is 22.5 Å². The average molecular weight is 139 g/mol. The zero-order chi connectivity index (χ0) is 7.40. The molecule has 0 aliphatic rings. The first-order valence-electron chi connectivity index (χ1n) is 2.65. The van der Waals surface area contributed by atoms with Gasteiger partial charge in [0.15, 0.2) is 0 Å². The van der Waals surface area contributed by atoms with Crippen molar-refractivity contribution >= 4 is 0 Å². The van der Waals surface area contributed by atoms with E-state index in [4.69, 9.17) is 0 Å². The molecule has 0 radical (unpaired) electrons. The quantitative estimate of drug-likeness (QED) is 0.587. The standard InChI is InChI=1S/C5H5N3O2/c9-5-4(2-8-10)1-6-3-7-5/h1,3H,2H2,(H,6,7,9). The molecule has 1 heterocycles. The van der Waals surface area contributed by atoms with Gasteiger partial charge in [0.1, 0.15) is 6.54 Å². The van der Waals surface area contributed by atoms with Crippen LogP contribution >= 0.6 is 0 Å². The van der Waals surface area contributed by atoms with Crippen molar-refractivity contribution in [3.05, 3.63) is 33.3 Å². The van der Waals surface area contributed by atoms with Gasteiger partial charge in [0.05, 0.1) is 11.9 Å². The molecule has 0 amide bonds. The van der Waals surface area contributed by atoms with E-state index in [-0.39, 0.29) is 17.7 Å². The van der Waals surface area contributed by atoms with Gasteiger partial charge in [0.2, 0.25) is 0 Å². The number of nitrogens with one attached hydrogen (secondary N) is 1. The van der Waals surface area contributed by atoms with Gasteiger partial charge in [-0.3, -0.25) is 4.79 Å². The highest BCUT2D eigenvalue weighted by molar-refractivity contribution is 5.02. The molecule has 1 rings (SSSR count). The first-order chi connectivity index (χ1) is 4.84. The molecule has 0 aromatic carbocycles. The van der Waals surface area contributed by atoms with Gasteiger partial charge in [-0.1, -0.05) is 5.18 Å². The van der Waals surface area contributed by atoms with Crippen LogP contribution in [-0.2, 0) is 6.54 Å². The summed E-state index contributed by atoms with van der Waals surface area (Å²) in [4.78, 5) is 26.3. The Morgan fingerprint density at radius 3 is 3.10 bits per heavy atom. The molecule has 5 heteroatoms. The number of hydrogen-bond donors (Lipinski definition) is 1. The average Bonchev–Trinajstić information content (AvgIpc) is 1.94. The van der Waals surface area contributed by atoms with Crippen LogP contribution in [0, 0.1) is 4.91 Å². The minimum atomic E-state index is -0.311. The Morgan fingerprint density at radius 2 is 2.50 bits per heavy atom. The van der Waals surface area contributed by atoms with Crippen LogP contribution in [0.1, 0.15) is 5.56 Å². The third-order valence-corrected chi connectivity index (χ3v) is 1.03. The van der Waals surface area contributed by atoms with Crippen molar-refractivity contribution in [1.82, 2.24) is 9.97 Å². The number of H-pyrrole nitrogens is 1. The van der Waals surface area contributed by atoms with Gasteiger partial charge in [0, 0.05) is 6.20 Å². The molecular weight excluding hydrogens is 134 g/mol. The molecule has 5 nitrogen and oxygen atoms in total. The number of aromatic nitrogens is 2. The highest BCUT2D eigenvalue weighted by Crippen LogP contribution is 1.86. The van der Waals surface area contributed by atoms with Gasteiger partial charge < -0.3 is 4.98 Å². The third-order valence-electron chi connectivity index (χ3n) is 1.03. The molecule has 0 saturated heterocycles. The predicted molar refractivity (Wildman–Crippen MR) is 34.4 cm³/mol. The van der Waals surface area contributed by atoms with Gasteiger partial charge >= 0.3 is 0 Å². The molecule has 10 heavy (non-hydrogen) atoms. The summed E-state index contributed by atoms with van der Waals surface area (Å²) in [5.41, 5.74) is -0.0212. The fraction of sp³-hybridized carbons (Fsp3) is 0.200. The lowest BCUT2D eigenvalue weighted by Gasteiger charge is -1.87. The maximum atomic E-state index is 10.7. The van der Waals surface area contributed by atoms with Gasteiger partial charge in [0.25, 0.3) is 5.56 Å². The van der Waals surface area contributed by atoms with Crippen molar-refractivity contribution in [2.45, 2.75) is 6.54 Å². The first kappa shape index (κ1) is 6.60. The van der Waals surface area contributed by atoms with E-state index in [2.05, 4.69) is 15.1 Å². The van der Waals surface area contributed by atoms with Gasteiger partial charge in [-0.15, -0.1) is 0 Å². The van der Waals surface area contributed by atoms with Crippen molar-refractivity contribution in [3.8, 4) is 0 Å². The van der Waals surface area contributed by atoms with E-state index in [0.29, 0.717) is 0 Å². The summed E-state index contributed by atoms with van der Waals surface area (Å²) < 4.78 is 0. The molecule has 0 atom stereocenters. The molecule has 1 N–H and O–H groups in total. The molecule has 0 bridgehead atoms. The Hall–Kier alpha value is -1.52. The van der Waals surface area contributed by atoms with Crippen molar-refractivity contribution < 1.29 is 0 Å². The maximum absolute atomic E-state index is 10.7. The SMILES string of the molecule is O=NCc1cnc[nH]c1=O. The molecule has 0 unspecified atom stereocenters. The molecule has 0 spiro atoms. The molecule has 1 aromatic heterocycles. The summed E-state index contributed by atoms with van der Waals surface area (Å²) in [6, 6.07) is 0. The van der Waals surface area contributed by atoms with Gasteiger partial charge in [-0.2, -0.15) is 4.91 Å². The minimum absolute atomic E-state index is 0.122. The largest absolute Gasteiger partial charge is 0.313 e. The summed E-state index contributed by atoms with van der Waals surface area (Å²) in [5.74, 6) is 0. The van der Waals surface area contributed by atoms with Crippen molar-refractivity contribution in [3.63, 3.8) is 0 Å². The topological polar surface area (TPSA) is 75.2 Å². The van der Waals surface area contributed by atoms with E-state index >= 15 is 0 Å². The Kier molecular flexibility index (Phi) is 1.89. The number of aromatic amines is 1. The van der Waals surface area contributed by atoms with Crippen LogP contribution < -0.4 is 5.56 Å². The van der Waals surface area contributed by atoms with E-state index in [0.717, 1.165) is 0 Å². The number of hydrogen-bond acceptors (Lipinski definition) is 4. The molecular formula is C5H5N3O2. The highest BCUT2D eigenvalue weighted by atomic mass is 16.3. The second-order valence-corrected chi connectivity index (χ2v) is 1.69. The van der Waals surface area contributed by atoms with Crippen molar-refractivity contribution in [1.29, 1.82) is 0 Å². The Balaban J connectivity index is 3.03. The predicted octanol–water partition coefficient (Wildman–Crippen LogP) is 0.0363. The van der Waals surface area contributed by atoms with E-state index in [9.17, 15) is 9.70 Å². The third kappa shape index (κ3) is 1.25. The molecule has 52 valence electrons. The second-order valence-electron chi connectivity index (χ2n) is 1.69. The fourth-order valence-electron chi connectivity index (χ4n) is 0.557. The van der Waals surface area contributed by atoms with Crippen molar-refractivity contribution in [2.75, 3.05) is 0 Å². The van der Waals surface area contributed by atoms with Crippen LogP contribution in [0.3, 0.4) is 0 Å². The lowest BCUT2D eigenvalue weighted by Crippen LogP contribution is -2.10. The highest BCUT2D eigenvalue weighted by Gasteiger charge is 1.95. The van der Waals surface area contributed by atoms with E-state index in [1.165, 1.54) is 12.5 Å². The fourth-order valence-corrected chi connectivity index (χ4v) is 0.557. The lowest BCUT2D eigenvalue weighted by molar-refractivity contribution is 0.967. The molecule has 0 fully saturated rings. The zero-order valence-corrected chi connectivity index (χ0v) is 5.07.